The van der Waals surface area contributed by atoms with Gasteiger partial charge in [0.1, 0.15) is 5.82 Å². The highest BCUT2D eigenvalue weighted by atomic mass is 19.1. The Bertz CT molecular complexity index is 1060. The van der Waals surface area contributed by atoms with Gasteiger partial charge < -0.3 is 26.7 Å². The third-order valence-electron chi connectivity index (χ3n) is 5.45. The Labute approximate surface area is 167 Å². The van der Waals surface area contributed by atoms with Crippen LogP contribution in [-0.2, 0) is 7.05 Å². The van der Waals surface area contributed by atoms with Gasteiger partial charge >= 0.3 is 0 Å². The summed E-state index contributed by atoms with van der Waals surface area (Å²) in [4.78, 5) is 20.5. The van der Waals surface area contributed by atoms with Crippen LogP contribution in [0, 0.1) is 5.82 Å². The van der Waals surface area contributed by atoms with Gasteiger partial charge in [0.05, 0.1) is 29.2 Å². The molecule has 3 aromatic rings. The predicted molar refractivity (Wildman–Crippen MR) is 111 cm³/mol. The highest BCUT2D eigenvalue weighted by Gasteiger charge is 2.24. The van der Waals surface area contributed by atoms with E-state index in [-0.39, 0.29) is 29.3 Å². The zero-order valence-corrected chi connectivity index (χ0v) is 16.2. The van der Waals surface area contributed by atoms with E-state index in [2.05, 4.69) is 20.6 Å². The molecule has 0 bridgehead atoms. The number of pyridine rings is 2. The predicted octanol–water partition coefficient (Wildman–Crippen LogP) is 2.63. The molecule has 3 heterocycles. The van der Waals surface area contributed by atoms with Crippen LogP contribution in [0.2, 0.25) is 0 Å². The van der Waals surface area contributed by atoms with Crippen LogP contribution in [0.1, 0.15) is 36.0 Å². The van der Waals surface area contributed by atoms with Crippen LogP contribution in [0.15, 0.2) is 30.7 Å². The van der Waals surface area contributed by atoms with Gasteiger partial charge in [0, 0.05) is 30.7 Å². The summed E-state index contributed by atoms with van der Waals surface area (Å²) < 4.78 is 16.6. The Morgan fingerprint density at radius 1 is 1.28 bits per heavy atom. The van der Waals surface area contributed by atoms with Crippen molar-refractivity contribution in [1.82, 2.24) is 14.5 Å². The molecule has 0 spiro atoms. The van der Waals surface area contributed by atoms with Gasteiger partial charge in [0.2, 0.25) is 0 Å². The maximum absolute atomic E-state index is 14.7. The van der Waals surface area contributed by atoms with E-state index < -0.39 is 11.7 Å². The lowest BCUT2D eigenvalue weighted by atomic mass is 9.91. The number of hydrogen-bond donors (Lipinski definition) is 4. The number of carbonyl (C=O) groups is 1. The highest BCUT2D eigenvalue weighted by Crippen LogP contribution is 2.29. The number of nitrogens with one attached hydrogen (secondary N) is 2. The van der Waals surface area contributed by atoms with E-state index in [9.17, 15) is 9.18 Å². The molecule has 4 rings (SSSR count). The molecular weight excluding hydrogens is 373 g/mol. The average Bonchev–Trinajstić information content (AvgIpc) is 3.08. The van der Waals surface area contributed by atoms with Crippen molar-refractivity contribution < 1.29 is 9.18 Å². The molecule has 1 amide bonds. The molecular formula is C20H24FN7O. The third-order valence-corrected chi connectivity index (χ3v) is 5.45. The first-order chi connectivity index (χ1) is 13.9. The normalized spacial score (nSPS) is 19.3. The minimum atomic E-state index is -0.770. The van der Waals surface area contributed by atoms with Gasteiger partial charge in [0.15, 0.2) is 11.6 Å². The number of primary amides is 1. The molecule has 3 aromatic heterocycles. The first kappa shape index (κ1) is 19.1. The topological polar surface area (TPSA) is 124 Å². The van der Waals surface area contributed by atoms with Crippen LogP contribution in [0.4, 0.5) is 21.7 Å². The lowest BCUT2D eigenvalue weighted by Gasteiger charge is -2.30. The van der Waals surface area contributed by atoms with Crippen molar-refractivity contribution in [1.29, 1.82) is 0 Å². The van der Waals surface area contributed by atoms with E-state index in [0.29, 0.717) is 5.69 Å². The van der Waals surface area contributed by atoms with Gasteiger partial charge in [-0.05, 0) is 25.0 Å². The van der Waals surface area contributed by atoms with Crippen molar-refractivity contribution in [2.45, 2.75) is 37.8 Å². The number of halogens is 1. The molecule has 0 aliphatic heterocycles. The number of nitrogens with two attached hydrogens (primary N) is 2. The molecule has 1 aliphatic rings. The minimum absolute atomic E-state index is 0.0334. The zero-order chi connectivity index (χ0) is 20.5. The van der Waals surface area contributed by atoms with Crippen molar-refractivity contribution in [3.05, 3.63) is 42.1 Å². The Kier molecular flexibility index (Phi) is 5.06. The number of fused-ring (bicyclic) bond motifs is 1. The molecule has 8 nitrogen and oxygen atoms in total. The Morgan fingerprint density at radius 3 is 2.83 bits per heavy atom. The molecule has 152 valence electrons. The van der Waals surface area contributed by atoms with Crippen LogP contribution in [0.5, 0.6) is 0 Å². The highest BCUT2D eigenvalue weighted by molar-refractivity contribution is 6.00. The summed E-state index contributed by atoms with van der Waals surface area (Å²) in [7, 11) is 1.91. The number of anilines is 3. The fraction of sp³-hybridized carbons (Fsp3) is 0.350. The lowest BCUT2D eigenvalue weighted by molar-refractivity contribution is 0.100. The number of nitrogens with zero attached hydrogens (tertiary/aromatic N) is 3. The number of carbonyl (C=O) groups excluding carboxylic acids is 1. The summed E-state index contributed by atoms with van der Waals surface area (Å²) in [5, 5.41) is 7.11. The van der Waals surface area contributed by atoms with Gasteiger partial charge in [-0.2, -0.15) is 0 Å². The second kappa shape index (κ2) is 7.67. The van der Waals surface area contributed by atoms with Gasteiger partial charge in [-0.25, -0.2) is 9.37 Å². The van der Waals surface area contributed by atoms with Crippen molar-refractivity contribution in [2.75, 3.05) is 10.6 Å². The van der Waals surface area contributed by atoms with E-state index in [1.165, 1.54) is 0 Å². The molecule has 6 N–H and O–H groups in total. The maximum atomic E-state index is 14.7. The molecule has 0 aromatic carbocycles. The molecule has 2 atom stereocenters. The Balaban J connectivity index is 1.71. The van der Waals surface area contributed by atoms with Crippen LogP contribution < -0.4 is 22.1 Å². The fourth-order valence-electron chi connectivity index (χ4n) is 3.80. The van der Waals surface area contributed by atoms with Crippen molar-refractivity contribution >= 4 is 34.1 Å². The molecule has 9 heteroatoms. The van der Waals surface area contributed by atoms with Crippen molar-refractivity contribution in [2.24, 2.45) is 18.5 Å². The van der Waals surface area contributed by atoms with Crippen LogP contribution in [0.3, 0.4) is 0 Å². The summed E-state index contributed by atoms with van der Waals surface area (Å²) >= 11 is 0. The summed E-state index contributed by atoms with van der Waals surface area (Å²) in [6.45, 7) is 0. The number of hydrogen-bond acceptors (Lipinski definition) is 6. The number of rotatable bonds is 5. The van der Waals surface area contributed by atoms with E-state index >= 15 is 0 Å². The smallest absolute Gasteiger partial charge is 0.252 e. The quantitative estimate of drug-likeness (QED) is 0.525. The SMILES string of the molecule is Cn1ccc2c(Nc3nc(N[C@@H]4CCCC[C@@H]4N)c(F)cc3C(N)=O)cncc21. The van der Waals surface area contributed by atoms with Crippen LogP contribution in [-0.4, -0.2) is 32.5 Å². The molecule has 0 saturated heterocycles. The summed E-state index contributed by atoms with van der Waals surface area (Å²) in [6.07, 6.45) is 9.09. The molecule has 0 radical (unpaired) electrons. The largest absolute Gasteiger partial charge is 0.365 e. The third kappa shape index (κ3) is 3.73. The standard InChI is InChI=1S/C20H24FN7O/c1-28-7-6-11-16(9-24-10-17(11)28)26-19-12(18(23)29)8-13(21)20(27-19)25-15-5-3-2-4-14(15)22/h6-10,14-15H,2-5,22H2,1H3,(H2,23,29)(H2,25,26,27)/t14-,15+/m0/s1. The molecule has 1 fully saturated rings. The van der Waals surface area contributed by atoms with Crippen molar-refractivity contribution in [3.63, 3.8) is 0 Å². The van der Waals surface area contributed by atoms with E-state index in [1.807, 2.05) is 23.9 Å². The van der Waals surface area contributed by atoms with Gasteiger partial charge in [-0.3, -0.25) is 9.78 Å². The number of aryl methyl sites for hydroxylation is 1. The van der Waals surface area contributed by atoms with Gasteiger partial charge in [0.25, 0.3) is 5.91 Å². The minimum Gasteiger partial charge on any atom is -0.365 e. The monoisotopic (exact) mass is 397 g/mol. The lowest BCUT2D eigenvalue weighted by Crippen LogP contribution is -2.43. The van der Waals surface area contributed by atoms with Crippen LogP contribution >= 0.6 is 0 Å². The first-order valence-electron chi connectivity index (χ1n) is 9.62. The zero-order valence-electron chi connectivity index (χ0n) is 16.2. The fourth-order valence-corrected chi connectivity index (χ4v) is 3.80. The summed E-state index contributed by atoms with van der Waals surface area (Å²) in [5.74, 6) is -1.19. The summed E-state index contributed by atoms with van der Waals surface area (Å²) in [5.41, 5.74) is 13.1. The Hall–Kier alpha value is -3.20. The van der Waals surface area contributed by atoms with Gasteiger partial charge in [-0.1, -0.05) is 12.8 Å². The maximum Gasteiger partial charge on any atom is 0.252 e. The number of aromatic nitrogens is 3. The van der Waals surface area contributed by atoms with E-state index in [0.717, 1.165) is 42.7 Å². The summed E-state index contributed by atoms with van der Waals surface area (Å²) in [6, 6.07) is 2.89. The second-order valence-electron chi connectivity index (χ2n) is 7.45. The van der Waals surface area contributed by atoms with Crippen molar-refractivity contribution in [3.8, 4) is 0 Å². The molecule has 1 aliphatic carbocycles. The molecule has 29 heavy (non-hydrogen) atoms. The van der Waals surface area contributed by atoms with E-state index in [1.54, 1.807) is 12.4 Å². The van der Waals surface area contributed by atoms with E-state index in [4.69, 9.17) is 11.5 Å². The first-order valence-corrected chi connectivity index (χ1v) is 9.62. The van der Waals surface area contributed by atoms with Crippen LogP contribution in [0.25, 0.3) is 10.9 Å². The number of amides is 1. The molecule has 0 unspecified atom stereocenters. The average molecular weight is 397 g/mol. The molecule has 1 saturated carbocycles. The second-order valence-corrected chi connectivity index (χ2v) is 7.45. The Morgan fingerprint density at radius 2 is 2.07 bits per heavy atom. The van der Waals surface area contributed by atoms with Gasteiger partial charge in [-0.15, -0.1) is 0 Å².